The van der Waals surface area contributed by atoms with Crippen LogP contribution in [0.2, 0.25) is 0 Å². The lowest BCUT2D eigenvalue weighted by Gasteiger charge is -2.06. The summed E-state index contributed by atoms with van der Waals surface area (Å²) in [6.07, 6.45) is 1.79. The van der Waals surface area contributed by atoms with Crippen molar-refractivity contribution in [1.82, 2.24) is 0 Å². The molecule has 0 radical (unpaired) electrons. The zero-order valence-electron chi connectivity index (χ0n) is 8.39. The summed E-state index contributed by atoms with van der Waals surface area (Å²) >= 11 is 0. The van der Waals surface area contributed by atoms with Gasteiger partial charge < -0.3 is 4.74 Å². The number of unbranched alkanes of at least 4 members (excludes halogenated alkanes) is 1. The predicted molar refractivity (Wildman–Crippen MR) is 51.5 cm³/mol. The molecule has 15 heavy (non-hydrogen) atoms. The van der Waals surface area contributed by atoms with Gasteiger partial charge in [0.15, 0.2) is 11.6 Å². The Bertz CT molecular complexity index is 385. The smallest absolute Gasteiger partial charge is 0.176 e. The Morgan fingerprint density at radius 2 is 2.13 bits per heavy atom. The molecule has 80 valence electrons. The first kappa shape index (κ1) is 11.4. The molecule has 0 aliphatic rings. The maximum atomic E-state index is 12.9. The Morgan fingerprint density at radius 3 is 2.73 bits per heavy atom. The molecule has 0 atom stereocenters. The minimum atomic E-state index is -1.12. The van der Waals surface area contributed by atoms with Gasteiger partial charge in [-0.3, -0.25) is 0 Å². The Hall–Kier alpha value is -1.63. The van der Waals surface area contributed by atoms with Crippen LogP contribution in [0.1, 0.15) is 25.3 Å². The molecule has 0 spiro atoms. The first-order valence-electron chi connectivity index (χ1n) is 4.71. The maximum absolute atomic E-state index is 12.9. The number of hydrogen-bond donors (Lipinski definition) is 0. The monoisotopic (exact) mass is 211 g/mol. The van der Waals surface area contributed by atoms with Gasteiger partial charge in [0.05, 0.1) is 12.2 Å². The highest BCUT2D eigenvalue weighted by Crippen LogP contribution is 2.20. The van der Waals surface area contributed by atoms with E-state index in [1.54, 1.807) is 6.07 Å². The van der Waals surface area contributed by atoms with Gasteiger partial charge in [-0.2, -0.15) is 5.26 Å². The molecule has 0 N–H and O–H groups in total. The summed E-state index contributed by atoms with van der Waals surface area (Å²) in [5.74, 6) is -1.99. The molecule has 0 aliphatic carbocycles. The molecule has 1 aromatic rings. The second-order valence-electron chi connectivity index (χ2n) is 3.08. The number of nitrogens with zero attached hydrogens (tertiary/aromatic N) is 1. The summed E-state index contributed by atoms with van der Waals surface area (Å²) in [6.45, 7) is 2.43. The van der Waals surface area contributed by atoms with Crippen LogP contribution in [0.15, 0.2) is 12.1 Å². The average molecular weight is 211 g/mol. The van der Waals surface area contributed by atoms with Crippen LogP contribution in [0, 0.1) is 23.0 Å². The minimum absolute atomic E-state index is 0.193. The number of nitriles is 1. The SMILES string of the molecule is CCCCOc1cc(F)c(F)c(C#N)c1. The third-order valence-corrected chi connectivity index (χ3v) is 1.89. The topological polar surface area (TPSA) is 33.0 Å². The van der Waals surface area contributed by atoms with E-state index in [0.29, 0.717) is 6.61 Å². The van der Waals surface area contributed by atoms with Gasteiger partial charge in [0.1, 0.15) is 11.8 Å². The lowest BCUT2D eigenvalue weighted by atomic mass is 10.2. The predicted octanol–water partition coefficient (Wildman–Crippen LogP) is 3.02. The number of ether oxygens (including phenoxy) is 1. The van der Waals surface area contributed by atoms with Gasteiger partial charge in [-0.05, 0) is 6.42 Å². The van der Waals surface area contributed by atoms with Crippen molar-refractivity contribution < 1.29 is 13.5 Å². The first-order valence-corrected chi connectivity index (χ1v) is 4.71. The van der Waals surface area contributed by atoms with E-state index < -0.39 is 11.6 Å². The molecule has 0 fully saturated rings. The van der Waals surface area contributed by atoms with Crippen LogP contribution in [-0.4, -0.2) is 6.61 Å². The molecule has 0 amide bonds. The van der Waals surface area contributed by atoms with Crippen LogP contribution >= 0.6 is 0 Å². The summed E-state index contributed by atoms with van der Waals surface area (Å²) in [5, 5.41) is 8.53. The van der Waals surface area contributed by atoms with Crippen molar-refractivity contribution in [3.8, 4) is 11.8 Å². The number of benzene rings is 1. The number of hydrogen-bond acceptors (Lipinski definition) is 2. The van der Waals surface area contributed by atoms with Gasteiger partial charge in [-0.1, -0.05) is 13.3 Å². The van der Waals surface area contributed by atoms with Crippen LogP contribution in [0.25, 0.3) is 0 Å². The molecule has 4 heteroatoms. The van der Waals surface area contributed by atoms with Crippen molar-refractivity contribution >= 4 is 0 Å². The van der Waals surface area contributed by atoms with Gasteiger partial charge in [0, 0.05) is 12.1 Å². The van der Waals surface area contributed by atoms with Crippen LogP contribution in [0.3, 0.4) is 0 Å². The van der Waals surface area contributed by atoms with Crippen LogP contribution in [0.4, 0.5) is 8.78 Å². The van der Waals surface area contributed by atoms with Gasteiger partial charge in [0.2, 0.25) is 0 Å². The molecule has 1 aromatic carbocycles. The summed E-state index contributed by atoms with van der Waals surface area (Å²) in [6, 6.07) is 3.72. The summed E-state index contributed by atoms with van der Waals surface area (Å²) in [5.41, 5.74) is -0.332. The van der Waals surface area contributed by atoms with Crippen LogP contribution in [-0.2, 0) is 0 Å². The summed E-state index contributed by atoms with van der Waals surface area (Å²) < 4.78 is 31.0. The Balaban J connectivity index is 2.83. The largest absolute Gasteiger partial charge is 0.493 e. The fraction of sp³-hybridized carbons (Fsp3) is 0.364. The maximum Gasteiger partial charge on any atom is 0.176 e. The molecule has 0 saturated heterocycles. The first-order chi connectivity index (χ1) is 7.19. The highest BCUT2D eigenvalue weighted by atomic mass is 19.2. The third-order valence-electron chi connectivity index (χ3n) is 1.89. The second-order valence-corrected chi connectivity index (χ2v) is 3.08. The van der Waals surface area contributed by atoms with E-state index in [0.717, 1.165) is 18.9 Å². The Labute approximate surface area is 87.1 Å². The van der Waals surface area contributed by atoms with E-state index in [9.17, 15) is 8.78 Å². The molecule has 0 heterocycles. The van der Waals surface area contributed by atoms with E-state index >= 15 is 0 Å². The van der Waals surface area contributed by atoms with Crippen LogP contribution < -0.4 is 4.74 Å². The van der Waals surface area contributed by atoms with E-state index in [2.05, 4.69) is 0 Å². The van der Waals surface area contributed by atoms with E-state index in [-0.39, 0.29) is 11.3 Å². The summed E-state index contributed by atoms with van der Waals surface area (Å²) in [4.78, 5) is 0. The normalized spacial score (nSPS) is 9.73. The molecular weight excluding hydrogens is 200 g/mol. The van der Waals surface area contributed by atoms with E-state index in [1.807, 2.05) is 6.92 Å². The van der Waals surface area contributed by atoms with Gasteiger partial charge in [-0.15, -0.1) is 0 Å². The number of halogens is 2. The fourth-order valence-electron chi connectivity index (χ4n) is 1.06. The minimum Gasteiger partial charge on any atom is -0.493 e. The van der Waals surface area contributed by atoms with Crippen LogP contribution in [0.5, 0.6) is 5.75 Å². The second kappa shape index (κ2) is 5.30. The van der Waals surface area contributed by atoms with Gasteiger partial charge >= 0.3 is 0 Å². The Kier molecular flexibility index (Phi) is 4.04. The quantitative estimate of drug-likeness (QED) is 0.717. The third kappa shape index (κ3) is 2.91. The molecule has 0 unspecified atom stereocenters. The van der Waals surface area contributed by atoms with Crippen molar-refractivity contribution in [3.63, 3.8) is 0 Å². The lowest BCUT2D eigenvalue weighted by Crippen LogP contribution is -1.99. The van der Waals surface area contributed by atoms with Crippen molar-refractivity contribution in [2.24, 2.45) is 0 Å². The average Bonchev–Trinajstić information content (AvgIpc) is 2.23. The van der Waals surface area contributed by atoms with E-state index in [1.165, 1.54) is 6.07 Å². The lowest BCUT2D eigenvalue weighted by molar-refractivity contribution is 0.306. The highest BCUT2D eigenvalue weighted by Gasteiger charge is 2.10. The Morgan fingerprint density at radius 1 is 1.40 bits per heavy atom. The van der Waals surface area contributed by atoms with Gasteiger partial charge in [-0.25, -0.2) is 8.78 Å². The highest BCUT2D eigenvalue weighted by molar-refractivity contribution is 5.38. The molecule has 0 aliphatic heterocycles. The molecule has 0 aromatic heterocycles. The zero-order chi connectivity index (χ0) is 11.3. The van der Waals surface area contributed by atoms with Crippen molar-refractivity contribution in [1.29, 1.82) is 5.26 Å². The molecule has 2 nitrogen and oxygen atoms in total. The summed E-state index contributed by atoms with van der Waals surface area (Å²) in [7, 11) is 0. The fourth-order valence-corrected chi connectivity index (χ4v) is 1.06. The van der Waals surface area contributed by atoms with E-state index in [4.69, 9.17) is 10.00 Å². The standard InChI is InChI=1S/C11H11F2NO/c1-2-3-4-15-9-5-8(7-14)11(13)10(12)6-9/h5-6H,2-4H2,1H3. The molecular formula is C11H11F2NO. The van der Waals surface area contributed by atoms with Gasteiger partial charge in [0.25, 0.3) is 0 Å². The number of rotatable bonds is 4. The molecule has 0 saturated carbocycles. The molecule has 0 bridgehead atoms. The van der Waals surface area contributed by atoms with Crippen molar-refractivity contribution in [2.75, 3.05) is 6.61 Å². The molecule has 1 rings (SSSR count). The van der Waals surface area contributed by atoms with Crippen molar-refractivity contribution in [3.05, 3.63) is 29.3 Å². The zero-order valence-corrected chi connectivity index (χ0v) is 8.39. The van der Waals surface area contributed by atoms with Crippen molar-refractivity contribution in [2.45, 2.75) is 19.8 Å².